The minimum absolute atomic E-state index is 0.190. The molecule has 0 unspecified atom stereocenters. The van der Waals surface area contributed by atoms with E-state index >= 15 is 0 Å². The molecule has 0 bridgehead atoms. The van der Waals surface area contributed by atoms with Gasteiger partial charge in [0.15, 0.2) is 0 Å². The first-order valence-electron chi connectivity index (χ1n) is 5.37. The van der Waals surface area contributed by atoms with Gasteiger partial charge in [0, 0.05) is 6.42 Å². The Morgan fingerprint density at radius 1 is 1.40 bits per heavy atom. The number of hydrogen-bond acceptors (Lipinski definition) is 3. The smallest absolute Gasteiger partial charge is 0.139 e. The molecule has 1 saturated carbocycles. The maximum absolute atomic E-state index is 9.76. The molecule has 0 saturated heterocycles. The standard InChI is InChI=1S/C11H22N2O2/c1-10(2,14)6-8-7(11(8,3)4)5-9(12)13-15/h7-8,14-15H,5-6H2,1-4H3,(H2,12,13)/t7-,8+/m1/s1. The molecule has 0 heterocycles. The largest absolute Gasteiger partial charge is 0.409 e. The van der Waals surface area contributed by atoms with Crippen LogP contribution in [0, 0.1) is 17.3 Å². The SMILES string of the molecule is CC(C)(O)C[C@H]1[C@@H](C/C(N)=N/O)C1(C)C. The zero-order valence-corrected chi connectivity index (χ0v) is 9.99. The van der Waals surface area contributed by atoms with Gasteiger partial charge >= 0.3 is 0 Å². The van der Waals surface area contributed by atoms with Crippen LogP contribution in [0.2, 0.25) is 0 Å². The maximum atomic E-state index is 9.76. The third-order valence-corrected chi connectivity index (χ3v) is 3.56. The molecule has 0 aromatic heterocycles. The van der Waals surface area contributed by atoms with Crippen molar-refractivity contribution in [3.63, 3.8) is 0 Å². The number of nitrogens with two attached hydrogens (primary N) is 1. The molecule has 0 aromatic carbocycles. The molecule has 1 aliphatic rings. The van der Waals surface area contributed by atoms with Crippen molar-refractivity contribution in [2.24, 2.45) is 28.1 Å². The predicted octanol–water partition coefficient (Wildman–Crippen LogP) is 1.56. The summed E-state index contributed by atoms with van der Waals surface area (Å²) in [6.07, 6.45) is 1.38. The summed E-state index contributed by atoms with van der Waals surface area (Å²) < 4.78 is 0. The van der Waals surface area contributed by atoms with Crippen LogP contribution in [0.3, 0.4) is 0 Å². The van der Waals surface area contributed by atoms with Crippen molar-refractivity contribution >= 4 is 5.84 Å². The molecule has 1 aliphatic carbocycles. The van der Waals surface area contributed by atoms with Crippen molar-refractivity contribution in [1.82, 2.24) is 0 Å². The highest BCUT2D eigenvalue weighted by Crippen LogP contribution is 2.62. The molecule has 0 aliphatic heterocycles. The fraction of sp³-hybridized carbons (Fsp3) is 0.909. The zero-order valence-electron chi connectivity index (χ0n) is 9.99. The minimum atomic E-state index is -0.637. The summed E-state index contributed by atoms with van der Waals surface area (Å²) in [5.41, 5.74) is 5.05. The summed E-state index contributed by atoms with van der Waals surface area (Å²) in [5.74, 6) is 1.16. The van der Waals surface area contributed by atoms with Crippen LogP contribution in [-0.2, 0) is 0 Å². The van der Waals surface area contributed by atoms with Crippen LogP contribution < -0.4 is 5.73 Å². The van der Waals surface area contributed by atoms with E-state index in [9.17, 15) is 5.11 Å². The molecule has 4 nitrogen and oxygen atoms in total. The second-order valence-corrected chi connectivity index (χ2v) is 5.85. The molecular formula is C11H22N2O2. The number of nitrogens with zero attached hydrogens (tertiary/aromatic N) is 1. The van der Waals surface area contributed by atoms with Crippen molar-refractivity contribution in [3.8, 4) is 0 Å². The van der Waals surface area contributed by atoms with Crippen LogP contribution >= 0.6 is 0 Å². The summed E-state index contributed by atoms with van der Waals surface area (Å²) in [6.45, 7) is 7.97. The van der Waals surface area contributed by atoms with E-state index in [1.54, 1.807) is 0 Å². The van der Waals surface area contributed by atoms with E-state index in [1.807, 2.05) is 13.8 Å². The van der Waals surface area contributed by atoms with E-state index in [2.05, 4.69) is 19.0 Å². The number of oxime groups is 1. The molecule has 15 heavy (non-hydrogen) atoms. The Bertz CT molecular complexity index is 266. The zero-order chi connectivity index (χ0) is 11.9. The molecule has 0 spiro atoms. The van der Waals surface area contributed by atoms with Gasteiger partial charge in [-0.15, -0.1) is 0 Å². The van der Waals surface area contributed by atoms with Crippen LogP contribution in [0.25, 0.3) is 0 Å². The average molecular weight is 214 g/mol. The number of aliphatic hydroxyl groups is 1. The average Bonchev–Trinajstić information content (AvgIpc) is 2.53. The summed E-state index contributed by atoms with van der Waals surface area (Å²) >= 11 is 0. The van der Waals surface area contributed by atoms with Gasteiger partial charge < -0.3 is 16.0 Å². The first-order chi connectivity index (χ1) is 6.68. The van der Waals surface area contributed by atoms with E-state index in [0.29, 0.717) is 18.3 Å². The lowest BCUT2D eigenvalue weighted by Gasteiger charge is -2.17. The normalized spacial score (nSPS) is 30.3. The van der Waals surface area contributed by atoms with Gasteiger partial charge in [-0.25, -0.2) is 0 Å². The van der Waals surface area contributed by atoms with Crippen LogP contribution in [0.4, 0.5) is 0 Å². The summed E-state index contributed by atoms with van der Waals surface area (Å²) in [7, 11) is 0. The maximum Gasteiger partial charge on any atom is 0.139 e. The van der Waals surface area contributed by atoms with Gasteiger partial charge in [0.2, 0.25) is 0 Å². The number of rotatable bonds is 4. The van der Waals surface area contributed by atoms with Crippen molar-refractivity contribution < 1.29 is 10.3 Å². The first kappa shape index (κ1) is 12.3. The van der Waals surface area contributed by atoms with Gasteiger partial charge in [-0.3, -0.25) is 0 Å². The van der Waals surface area contributed by atoms with Gasteiger partial charge in [-0.1, -0.05) is 19.0 Å². The summed E-state index contributed by atoms with van der Waals surface area (Å²) in [6, 6.07) is 0. The Hall–Kier alpha value is -0.770. The predicted molar refractivity (Wildman–Crippen MR) is 59.7 cm³/mol. The lowest BCUT2D eigenvalue weighted by atomic mass is 9.97. The third-order valence-electron chi connectivity index (χ3n) is 3.56. The monoisotopic (exact) mass is 214 g/mol. The van der Waals surface area contributed by atoms with Crippen molar-refractivity contribution in [2.45, 2.75) is 46.1 Å². The van der Waals surface area contributed by atoms with Gasteiger partial charge in [-0.05, 0) is 37.5 Å². The first-order valence-corrected chi connectivity index (χ1v) is 5.37. The molecule has 4 N–H and O–H groups in total. The summed E-state index contributed by atoms with van der Waals surface area (Å²) in [5, 5.41) is 21.3. The Morgan fingerprint density at radius 3 is 2.33 bits per heavy atom. The molecule has 1 rings (SSSR count). The van der Waals surface area contributed by atoms with E-state index in [0.717, 1.165) is 6.42 Å². The highest BCUT2D eigenvalue weighted by molar-refractivity contribution is 5.80. The fourth-order valence-electron chi connectivity index (χ4n) is 2.47. The quantitative estimate of drug-likeness (QED) is 0.287. The van der Waals surface area contributed by atoms with Crippen LogP contribution in [0.1, 0.15) is 40.5 Å². The minimum Gasteiger partial charge on any atom is -0.409 e. The highest BCUT2D eigenvalue weighted by atomic mass is 16.4. The molecular weight excluding hydrogens is 192 g/mol. The van der Waals surface area contributed by atoms with Crippen LogP contribution in [0.15, 0.2) is 5.16 Å². The molecule has 4 heteroatoms. The van der Waals surface area contributed by atoms with Gasteiger partial charge in [0.05, 0.1) is 5.60 Å². The second kappa shape index (κ2) is 3.67. The Kier molecular flexibility index (Phi) is 3.01. The molecule has 0 aromatic rings. The molecule has 0 radical (unpaired) electrons. The van der Waals surface area contributed by atoms with Crippen LogP contribution in [-0.4, -0.2) is 21.8 Å². The van der Waals surface area contributed by atoms with Crippen molar-refractivity contribution in [1.29, 1.82) is 0 Å². The van der Waals surface area contributed by atoms with Gasteiger partial charge in [0.25, 0.3) is 0 Å². The Labute approximate surface area is 91.2 Å². The molecule has 1 fully saturated rings. The van der Waals surface area contributed by atoms with E-state index in [1.165, 1.54) is 0 Å². The number of hydrogen-bond donors (Lipinski definition) is 3. The van der Waals surface area contributed by atoms with Crippen molar-refractivity contribution in [2.75, 3.05) is 0 Å². The topological polar surface area (TPSA) is 78.8 Å². The number of amidine groups is 1. The second-order valence-electron chi connectivity index (χ2n) is 5.85. The van der Waals surface area contributed by atoms with E-state index in [-0.39, 0.29) is 11.3 Å². The lowest BCUT2D eigenvalue weighted by Crippen LogP contribution is -2.20. The third kappa shape index (κ3) is 2.84. The highest BCUT2D eigenvalue weighted by Gasteiger charge is 2.58. The molecule has 0 amide bonds. The van der Waals surface area contributed by atoms with Crippen LogP contribution in [0.5, 0.6) is 0 Å². The van der Waals surface area contributed by atoms with Gasteiger partial charge in [-0.2, -0.15) is 0 Å². The van der Waals surface area contributed by atoms with E-state index < -0.39 is 5.60 Å². The molecule has 88 valence electrons. The summed E-state index contributed by atoms with van der Waals surface area (Å²) in [4.78, 5) is 0. The fourth-order valence-corrected chi connectivity index (χ4v) is 2.47. The lowest BCUT2D eigenvalue weighted by molar-refractivity contribution is 0.0603. The Balaban J connectivity index is 2.56. The Morgan fingerprint density at radius 2 is 1.93 bits per heavy atom. The molecule has 2 atom stereocenters. The van der Waals surface area contributed by atoms with E-state index in [4.69, 9.17) is 10.9 Å². The van der Waals surface area contributed by atoms with Gasteiger partial charge in [0.1, 0.15) is 5.84 Å². The van der Waals surface area contributed by atoms with Crippen molar-refractivity contribution in [3.05, 3.63) is 0 Å².